The van der Waals surface area contributed by atoms with Crippen LogP contribution in [0.1, 0.15) is 18.2 Å². The van der Waals surface area contributed by atoms with Gasteiger partial charge in [0.25, 0.3) is 0 Å². The molecule has 0 fully saturated rings. The molecule has 0 aliphatic carbocycles. The fraction of sp³-hybridized carbons (Fsp3) is 0.250. The molecule has 0 amide bonds. The lowest BCUT2D eigenvalue weighted by atomic mass is 10.0. The van der Waals surface area contributed by atoms with Gasteiger partial charge in [0.2, 0.25) is 0 Å². The van der Waals surface area contributed by atoms with Crippen molar-refractivity contribution in [2.24, 2.45) is 5.73 Å². The highest BCUT2D eigenvalue weighted by molar-refractivity contribution is 6.33. The summed E-state index contributed by atoms with van der Waals surface area (Å²) >= 11 is 6.03. The van der Waals surface area contributed by atoms with Crippen LogP contribution < -0.4 is 5.73 Å². The summed E-state index contributed by atoms with van der Waals surface area (Å²) in [6, 6.07) is 4.37. The largest absolute Gasteiger partial charge is 0.394 e. The smallest absolute Gasteiger partial charge is 0.319 e. The predicted octanol–water partition coefficient (Wildman–Crippen LogP) is 2.59. The number of aliphatic hydroxyl groups excluding tert-OH is 1. The lowest BCUT2D eigenvalue weighted by molar-refractivity contribution is 0.0702. The number of benzene rings is 1. The van der Waals surface area contributed by atoms with Gasteiger partial charge in [0.15, 0.2) is 0 Å². The van der Waals surface area contributed by atoms with Crippen molar-refractivity contribution < 1.29 is 13.9 Å². The molecular formula is C12H12ClF2N3O. The highest BCUT2D eigenvalue weighted by atomic mass is 35.5. The third-order valence-corrected chi connectivity index (χ3v) is 3.05. The first-order chi connectivity index (χ1) is 9.02. The summed E-state index contributed by atoms with van der Waals surface area (Å²) in [5.74, 6) is 0. The monoisotopic (exact) mass is 287 g/mol. The molecule has 3 N–H and O–H groups in total. The number of aromatic nitrogens is 2. The number of nitrogens with two attached hydrogens (primary N) is 1. The quantitative estimate of drug-likeness (QED) is 0.908. The van der Waals surface area contributed by atoms with Crippen molar-refractivity contribution >= 4 is 11.6 Å². The van der Waals surface area contributed by atoms with Gasteiger partial charge in [0.1, 0.15) is 0 Å². The Balaban J connectivity index is 2.42. The lowest BCUT2D eigenvalue weighted by Gasteiger charge is -2.10. The minimum atomic E-state index is -2.65. The maximum Gasteiger partial charge on any atom is 0.319 e. The Hall–Kier alpha value is -1.50. The van der Waals surface area contributed by atoms with E-state index in [0.717, 1.165) is 6.33 Å². The molecular weight excluding hydrogens is 276 g/mol. The van der Waals surface area contributed by atoms with Gasteiger partial charge in [0, 0.05) is 11.8 Å². The van der Waals surface area contributed by atoms with Crippen LogP contribution in [0.2, 0.25) is 5.02 Å². The molecule has 0 saturated heterocycles. The van der Waals surface area contributed by atoms with E-state index in [4.69, 9.17) is 22.4 Å². The van der Waals surface area contributed by atoms with Crippen molar-refractivity contribution in [2.45, 2.75) is 12.6 Å². The zero-order chi connectivity index (χ0) is 14.0. The van der Waals surface area contributed by atoms with E-state index >= 15 is 0 Å². The number of rotatable bonds is 4. The van der Waals surface area contributed by atoms with E-state index < -0.39 is 12.6 Å². The standard InChI is InChI=1S/C12H12ClF2N3O/c13-9-2-1-7(10(16)5-19)3-8(9)11-4-18(6-17-11)12(14)15/h1-4,6,10,12,19H,5,16H2/t10-/m1/s1. The average Bonchev–Trinajstić information content (AvgIpc) is 2.88. The lowest BCUT2D eigenvalue weighted by Crippen LogP contribution is -2.14. The van der Waals surface area contributed by atoms with Crippen LogP contribution in [0.15, 0.2) is 30.7 Å². The summed E-state index contributed by atoms with van der Waals surface area (Å²) in [7, 11) is 0. The van der Waals surface area contributed by atoms with Gasteiger partial charge in [-0.3, -0.25) is 4.57 Å². The first-order valence-electron chi connectivity index (χ1n) is 5.51. The molecule has 0 unspecified atom stereocenters. The van der Waals surface area contributed by atoms with E-state index in [-0.39, 0.29) is 6.61 Å². The van der Waals surface area contributed by atoms with Crippen LogP contribution in [0.4, 0.5) is 8.78 Å². The van der Waals surface area contributed by atoms with E-state index in [0.29, 0.717) is 26.4 Å². The Kier molecular flexibility index (Phi) is 4.14. The van der Waals surface area contributed by atoms with E-state index in [2.05, 4.69) is 4.98 Å². The molecule has 1 aromatic heterocycles. The Morgan fingerprint density at radius 2 is 2.16 bits per heavy atom. The summed E-state index contributed by atoms with van der Waals surface area (Å²) in [5, 5.41) is 9.40. The van der Waals surface area contributed by atoms with Gasteiger partial charge < -0.3 is 10.8 Å². The molecule has 2 aromatic rings. The molecule has 0 radical (unpaired) electrons. The second-order valence-corrected chi connectivity index (χ2v) is 4.42. The minimum absolute atomic E-state index is 0.216. The van der Waals surface area contributed by atoms with Crippen molar-refractivity contribution in [3.8, 4) is 11.3 Å². The molecule has 1 atom stereocenters. The Labute approximate surface area is 113 Å². The summed E-state index contributed by atoms with van der Waals surface area (Å²) in [5.41, 5.74) is 7.20. The minimum Gasteiger partial charge on any atom is -0.394 e. The Morgan fingerprint density at radius 1 is 1.42 bits per heavy atom. The highest BCUT2D eigenvalue weighted by Gasteiger charge is 2.13. The van der Waals surface area contributed by atoms with Crippen LogP contribution in [0, 0.1) is 0 Å². The Bertz CT molecular complexity index is 574. The average molecular weight is 288 g/mol. The first kappa shape index (κ1) is 13.9. The second-order valence-electron chi connectivity index (χ2n) is 4.01. The SMILES string of the molecule is N[C@H](CO)c1ccc(Cl)c(-c2cn(C(F)F)cn2)c1. The van der Waals surface area contributed by atoms with Crippen LogP contribution in [-0.2, 0) is 0 Å². The summed E-state index contributed by atoms with van der Waals surface area (Å²) < 4.78 is 25.7. The first-order valence-corrected chi connectivity index (χ1v) is 5.88. The normalized spacial score (nSPS) is 12.9. The summed E-state index contributed by atoms with van der Waals surface area (Å²) in [6.45, 7) is -2.87. The van der Waals surface area contributed by atoms with Gasteiger partial charge in [-0.05, 0) is 17.7 Å². The zero-order valence-electron chi connectivity index (χ0n) is 9.80. The number of nitrogens with zero attached hydrogens (tertiary/aromatic N) is 2. The molecule has 102 valence electrons. The van der Waals surface area contributed by atoms with E-state index in [9.17, 15) is 8.78 Å². The number of halogens is 3. The molecule has 4 nitrogen and oxygen atoms in total. The molecule has 0 spiro atoms. The zero-order valence-corrected chi connectivity index (χ0v) is 10.6. The fourth-order valence-electron chi connectivity index (χ4n) is 1.66. The molecule has 0 saturated carbocycles. The molecule has 1 heterocycles. The van der Waals surface area contributed by atoms with Crippen molar-refractivity contribution in [3.63, 3.8) is 0 Å². The molecule has 1 aromatic carbocycles. The third kappa shape index (κ3) is 2.91. The number of hydrogen-bond donors (Lipinski definition) is 2. The number of aliphatic hydroxyl groups is 1. The van der Waals surface area contributed by atoms with Gasteiger partial charge in [-0.1, -0.05) is 17.7 Å². The second kappa shape index (κ2) is 5.64. The van der Waals surface area contributed by atoms with Crippen molar-refractivity contribution in [1.29, 1.82) is 0 Å². The van der Waals surface area contributed by atoms with Crippen molar-refractivity contribution in [2.75, 3.05) is 6.61 Å². The van der Waals surface area contributed by atoms with Gasteiger partial charge in [-0.2, -0.15) is 8.78 Å². The van der Waals surface area contributed by atoms with E-state index in [1.807, 2.05) is 0 Å². The van der Waals surface area contributed by atoms with E-state index in [1.165, 1.54) is 6.20 Å². The number of imidazole rings is 1. The summed E-state index contributed by atoms with van der Waals surface area (Å²) in [4.78, 5) is 3.89. The predicted molar refractivity (Wildman–Crippen MR) is 67.9 cm³/mol. The molecule has 0 aliphatic rings. The molecule has 19 heavy (non-hydrogen) atoms. The fourth-order valence-corrected chi connectivity index (χ4v) is 1.87. The van der Waals surface area contributed by atoms with Gasteiger partial charge >= 0.3 is 6.55 Å². The topological polar surface area (TPSA) is 64.1 Å². The van der Waals surface area contributed by atoms with Crippen molar-refractivity contribution in [1.82, 2.24) is 9.55 Å². The Morgan fingerprint density at radius 3 is 2.74 bits per heavy atom. The van der Waals surface area contributed by atoms with Gasteiger partial charge in [-0.15, -0.1) is 0 Å². The third-order valence-electron chi connectivity index (χ3n) is 2.72. The molecule has 0 aliphatic heterocycles. The van der Waals surface area contributed by atoms with Crippen LogP contribution in [0.25, 0.3) is 11.3 Å². The number of hydrogen-bond acceptors (Lipinski definition) is 3. The maximum atomic E-state index is 12.5. The van der Waals surface area contributed by atoms with Crippen LogP contribution in [-0.4, -0.2) is 21.3 Å². The van der Waals surface area contributed by atoms with E-state index in [1.54, 1.807) is 18.2 Å². The highest BCUT2D eigenvalue weighted by Crippen LogP contribution is 2.29. The van der Waals surface area contributed by atoms with Crippen LogP contribution >= 0.6 is 11.6 Å². The van der Waals surface area contributed by atoms with Crippen LogP contribution in [0.3, 0.4) is 0 Å². The summed E-state index contributed by atoms with van der Waals surface area (Å²) in [6.07, 6.45) is 2.25. The van der Waals surface area contributed by atoms with Gasteiger partial charge in [0.05, 0.1) is 29.7 Å². The molecule has 0 bridgehead atoms. The van der Waals surface area contributed by atoms with Gasteiger partial charge in [-0.25, -0.2) is 4.98 Å². The maximum absolute atomic E-state index is 12.5. The van der Waals surface area contributed by atoms with Crippen molar-refractivity contribution in [3.05, 3.63) is 41.3 Å². The molecule has 7 heteroatoms. The van der Waals surface area contributed by atoms with Crippen LogP contribution in [0.5, 0.6) is 0 Å². The number of alkyl halides is 2. The molecule has 2 rings (SSSR count).